The molecule has 1 fully saturated rings. The maximum atomic E-state index is 12.2. The third-order valence-electron chi connectivity index (χ3n) is 4.39. The lowest BCUT2D eigenvalue weighted by Gasteiger charge is -2.40. The number of anilines is 1. The van der Waals surface area contributed by atoms with E-state index in [0.717, 1.165) is 41.3 Å². The van der Waals surface area contributed by atoms with Crippen LogP contribution in [0.1, 0.15) is 17.5 Å². The first-order valence-corrected chi connectivity index (χ1v) is 8.51. The van der Waals surface area contributed by atoms with Gasteiger partial charge in [-0.25, -0.2) is 0 Å². The van der Waals surface area contributed by atoms with Crippen molar-refractivity contribution in [2.75, 3.05) is 18.5 Å². The molecule has 1 heterocycles. The van der Waals surface area contributed by atoms with E-state index in [0.29, 0.717) is 6.42 Å². The highest BCUT2D eigenvalue weighted by Crippen LogP contribution is 2.19. The molecule has 1 atom stereocenters. The molecule has 0 spiro atoms. The third kappa shape index (κ3) is 4.08. The number of nitrogens with zero attached hydrogens (tertiary/aromatic N) is 1. The van der Waals surface area contributed by atoms with Gasteiger partial charge < -0.3 is 15.3 Å². The quantitative estimate of drug-likeness (QED) is 0.846. The van der Waals surface area contributed by atoms with Crippen molar-refractivity contribution in [2.24, 2.45) is 0 Å². The van der Waals surface area contributed by atoms with Gasteiger partial charge in [-0.3, -0.25) is 4.79 Å². The summed E-state index contributed by atoms with van der Waals surface area (Å²) in [6.07, 6.45) is 1.28. The van der Waals surface area contributed by atoms with Gasteiger partial charge in [-0.15, -0.1) is 0 Å². The summed E-state index contributed by atoms with van der Waals surface area (Å²) in [4.78, 5) is 13.9. The first-order valence-electron chi connectivity index (χ1n) is 8.13. The van der Waals surface area contributed by atoms with E-state index in [1.165, 1.54) is 0 Å². The zero-order valence-corrected chi connectivity index (χ0v) is 14.2. The van der Waals surface area contributed by atoms with Crippen LogP contribution in [-0.4, -0.2) is 35.1 Å². The van der Waals surface area contributed by atoms with E-state index >= 15 is 0 Å². The Kier molecular flexibility index (Phi) is 5.38. The van der Waals surface area contributed by atoms with Crippen molar-refractivity contribution in [1.29, 1.82) is 0 Å². The summed E-state index contributed by atoms with van der Waals surface area (Å²) in [5, 5.41) is 13.3. The zero-order valence-electron chi connectivity index (χ0n) is 13.4. The van der Waals surface area contributed by atoms with Crippen molar-refractivity contribution in [3.05, 3.63) is 64.7 Å². The second-order valence-corrected chi connectivity index (χ2v) is 6.50. The van der Waals surface area contributed by atoms with Crippen molar-refractivity contribution >= 4 is 23.2 Å². The van der Waals surface area contributed by atoms with Crippen LogP contribution in [0.25, 0.3) is 0 Å². The molecule has 2 N–H and O–H groups in total. The highest BCUT2D eigenvalue weighted by molar-refractivity contribution is 6.30. The summed E-state index contributed by atoms with van der Waals surface area (Å²) < 4.78 is 0. The number of hydrogen-bond acceptors (Lipinski definition) is 3. The number of amides is 1. The molecule has 126 valence electrons. The van der Waals surface area contributed by atoms with Gasteiger partial charge in [0.1, 0.15) is 0 Å². The normalized spacial score (nSPS) is 16.6. The molecule has 2 aromatic carbocycles. The van der Waals surface area contributed by atoms with E-state index in [9.17, 15) is 4.79 Å². The van der Waals surface area contributed by atoms with Crippen molar-refractivity contribution < 1.29 is 9.90 Å². The summed E-state index contributed by atoms with van der Waals surface area (Å²) in [5.74, 6) is 0.0853. The van der Waals surface area contributed by atoms with Crippen LogP contribution in [-0.2, 0) is 17.8 Å². The Morgan fingerprint density at radius 2 is 1.79 bits per heavy atom. The minimum absolute atomic E-state index is 0.0119. The van der Waals surface area contributed by atoms with Gasteiger partial charge in [0.25, 0.3) is 0 Å². The van der Waals surface area contributed by atoms with Gasteiger partial charge in [0.2, 0.25) is 5.91 Å². The first-order chi connectivity index (χ1) is 11.7. The van der Waals surface area contributed by atoms with Gasteiger partial charge >= 0.3 is 0 Å². The van der Waals surface area contributed by atoms with Gasteiger partial charge in [-0.1, -0.05) is 35.9 Å². The Labute approximate surface area is 147 Å². The number of nitrogens with one attached hydrogen (secondary N) is 1. The van der Waals surface area contributed by atoms with Crippen molar-refractivity contribution in [3.63, 3.8) is 0 Å². The Hall–Kier alpha value is -2.04. The Balaban J connectivity index is 1.51. The number of rotatable bonds is 6. The van der Waals surface area contributed by atoms with E-state index in [4.69, 9.17) is 16.7 Å². The fourth-order valence-corrected chi connectivity index (χ4v) is 2.91. The van der Waals surface area contributed by atoms with Crippen LogP contribution in [0.3, 0.4) is 0 Å². The number of aliphatic hydroxyl groups is 1. The molecular formula is C19H21ClN2O2. The molecule has 0 radical (unpaired) electrons. The van der Waals surface area contributed by atoms with Gasteiger partial charge in [0.15, 0.2) is 0 Å². The number of aliphatic hydroxyl groups excluding tert-OH is 1. The SMILES string of the molecule is O=C(Cc1ccc(NCc2ccc(Cl)cc2)cc1)N1CC[C@H]1CO. The fraction of sp³-hybridized carbons (Fsp3) is 0.316. The molecule has 0 bridgehead atoms. The Morgan fingerprint density at radius 1 is 1.12 bits per heavy atom. The van der Waals surface area contributed by atoms with E-state index in [2.05, 4.69) is 5.32 Å². The summed E-state index contributed by atoms with van der Waals surface area (Å²) in [7, 11) is 0. The molecule has 0 aromatic heterocycles. The minimum atomic E-state index is 0.0119. The summed E-state index contributed by atoms with van der Waals surface area (Å²) in [6, 6.07) is 15.7. The van der Waals surface area contributed by atoms with Gasteiger partial charge in [-0.2, -0.15) is 0 Å². The van der Waals surface area contributed by atoms with Crippen LogP contribution < -0.4 is 5.32 Å². The third-order valence-corrected chi connectivity index (χ3v) is 4.65. The fourth-order valence-electron chi connectivity index (χ4n) is 2.78. The van der Waals surface area contributed by atoms with Crippen molar-refractivity contribution in [1.82, 2.24) is 4.90 Å². The molecule has 1 saturated heterocycles. The molecule has 24 heavy (non-hydrogen) atoms. The summed E-state index contributed by atoms with van der Waals surface area (Å²) >= 11 is 5.88. The number of carbonyl (C=O) groups is 1. The highest BCUT2D eigenvalue weighted by Gasteiger charge is 2.30. The lowest BCUT2D eigenvalue weighted by molar-refractivity contribution is -0.139. The number of halogens is 1. The van der Waals surface area contributed by atoms with E-state index in [-0.39, 0.29) is 18.6 Å². The lowest BCUT2D eigenvalue weighted by Crippen LogP contribution is -2.53. The van der Waals surface area contributed by atoms with E-state index < -0.39 is 0 Å². The molecule has 0 saturated carbocycles. The van der Waals surface area contributed by atoms with Gasteiger partial charge in [0, 0.05) is 23.8 Å². The largest absolute Gasteiger partial charge is 0.394 e. The molecule has 2 aromatic rings. The highest BCUT2D eigenvalue weighted by atomic mass is 35.5. The van der Waals surface area contributed by atoms with E-state index in [1.54, 1.807) is 4.90 Å². The number of likely N-dealkylation sites (tertiary alicyclic amines) is 1. The van der Waals surface area contributed by atoms with E-state index in [1.807, 2.05) is 48.5 Å². The van der Waals surface area contributed by atoms with Crippen LogP contribution in [0.5, 0.6) is 0 Å². The second kappa shape index (κ2) is 7.69. The number of hydrogen-bond donors (Lipinski definition) is 2. The molecule has 1 aliphatic rings. The van der Waals surface area contributed by atoms with Gasteiger partial charge in [0.05, 0.1) is 19.1 Å². The van der Waals surface area contributed by atoms with Crippen LogP contribution in [0.4, 0.5) is 5.69 Å². The predicted octanol–water partition coefficient (Wildman–Crippen LogP) is 3.09. The Morgan fingerprint density at radius 3 is 2.38 bits per heavy atom. The van der Waals surface area contributed by atoms with Crippen LogP contribution in [0.15, 0.2) is 48.5 Å². The van der Waals surface area contributed by atoms with Crippen molar-refractivity contribution in [2.45, 2.75) is 25.4 Å². The summed E-state index contributed by atoms with van der Waals surface area (Å²) in [5.41, 5.74) is 3.16. The monoisotopic (exact) mass is 344 g/mol. The number of carbonyl (C=O) groups excluding carboxylic acids is 1. The van der Waals surface area contributed by atoms with Crippen LogP contribution in [0.2, 0.25) is 5.02 Å². The molecule has 5 heteroatoms. The molecular weight excluding hydrogens is 324 g/mol. The molecule has 1 aliphatic heterocycles. The number of benzene rings is 2. The molecule has 0 unspecified atom stereocenters. The topological polar surface area (TPSA) is 52.6 Å². The summed E-state index contributed by atoms with van der Waals surface area (Å²) in [6.45, 7) is 1.53. The average Bonchev–Trinajstić information content (AvgIpc) is 2.55. The minimum Gasteiger partial charge on any atom is -0.394 e. The van der Waals surface area contributed by atoms with Gasteiger partial charge in [-0.05, 0) is 41.8 Å². The maximum absolute atomic E-state index is 12.2. The first kappa shape index (κ1) is 16.8. The molecule has 1 amide bonds. The molecule has 4 nitrogen and oxygen atoms in total. The maximum Gasteiger partial charge on any atom is 0.227 e. The average molecular weight is 345 g/mol. The lowest BCUT2D eigenvalue weighted by atomic mass is 10.0. The zero-order chi connectivity index (χ0) is 16.9. The van der Waals surface area contributed by atoms with Crippen molar-refractivity contribution in [3.8, 4) is 0 Å². The molecule has 3 rings (SSSR count). The van der Waals surface area contributed by atoms with Crippen LogP contribution >= 0.6 is 11.6 Å². The predicted molar refractivity (Wildman–Crippen MR) is 96.1 cm³/mol. The second-order valence-electron chi connectivity index (χ2n) is 6.07. The van der Waals surface area contributed by atoms with Crippen LogP contribution in [0, 0.1) is 0 Å². The standard InChI is InChI=1S/C19H21ClN2O2/c20-16-5-1-15(2-6-16)12-21-17-7-3-14(4-8-17)11-19(24)22-10-9-18(22)13-23/h1-8,18,21,23H,9-13H2/t18-/m0/s1. The smallest absolute Gasteiger partial charge is 0.227 e. The molecule has 0 aliphatic carbocycles. The Bertz CT molecular complexity index is 684.